The van der Waals surface area contributed by atoms with Crippen LogP contribution in [-0.4, -0.2) is 17.2 Å². The molecule has 12 heavy (non-hydrogen) atoms. The van der Waals surface area contributed by atoms with E-state index in [1.54, 1.807) is 6.92 Å². The minimum Gasteiger partial charge on any atom is -0.466 e. The molecule has 66 valence electrons. The summed E-state index contributed by atoms with van der Waals surface area (Å²) < 4.78 is 34.1. The van der Waals surface area contributed by atoms with Gasteiger partial charge in [0.1, 0.15) is 5.76 Å². The molecule has 1 aromatic heterocycles. The molecule has 0 spiro atoms. The van der Waals surface area contributed by atoms with Crippen molar-refractivity contribution in [2.45, 2.75) is 25.4 Å². The minimum atomic E-state index is -2.67. The number of hydrogen-bond acceptors (Lipinski definition) is 3. The molecule has 1 aliphatic rings. The summed E-state index contributed by atoms with van der Waals surface area (Å²) in [5.74, 6) is -1.99. The minimum absolute atomic E-state index is 0.134. The van der Waals surface area contributed by atoms with Crippen molar-refractivity contribution in [3.8, 4) is 5.88 Å². The number of nitrogens with zero attached hydrogens (tertiary/aromatic N) is 1. The number of hydrogen-bond donors (Lipinski definition) is 0. The lowest BCUT2D eigenvalue weighted by Gasteiger charge is -1.97. The van der Waals surface area contributed by atoms with Crippen molar-refractivity contribution in [3.63, 3.8) is 0 Å². The Kier molecular flexibility index (Phi) is 1.37. The molecule has 0 amide bonds. The SMILES string of the molecule is Cc1cc(OC2CC2(F)F)no1. The summed E-state index contributed by atoms with van der Waals surface area (Å²) in [7, 11) is 0. The molecule has 1 aliphatic carbocycles. The predicted octanol–water partition coefficient (Wildman–Crippen LogP) is 1.77. The molecule has 0 N–H and O–H groups in total. The Bertz CT molecular complexity index is 297. The number of halogens is 2. The molecule has 0 saturated heterocycles. The van der Waals surface area contributed by atoms with Crippen LogP contribution in [0.1, 0.15) is 12.2 Å². The van der Waals surface area contributed by atoms with Crippen LogP contribution in [0.15, 0.2) is 10.6 Å². The highest BCUT2D eigenvalue weighted by Gasteiger charge is 2.60. The predicted molar refractivity (Wildman–Crippen MR) is 35.2 cm³/mol. The molecule has 0 bridgehead atoms. The van der Waals surface area contributed by atoms with Crippen LogP contribution in [0.2, 0.25) is 0 Å². The van der Waals surface area contributed by atoms with Crippen molar-refractivity contribution in [1.82, 2.24) is 5.16 Å². The fourth-order valence-electron chi connectivity index (χ4n) is 0.861. The maximum atomic E-state index is 12.3. The van der Waals surface area contributed by atoms with Crippen LogP contribution in [0.5, 0.6) is 5.88 Å². The molecule has 1 atom stereocenters. The van der Waals surface area contributed by atoms with Crippen molar-refractivity contribution in [3.05, 3.63) is 11.8 Å². The molecular weight excluding hydrogens is 168 g/mol. The maximum absolute atomic E-state index is 12.3. The topological polar surface area (TPSA) is 35.3 Å². The molecule has 0 radical (unpaired) electrons. The highest BCUT2D eigenvalue weighted by Crippen LogP contribution is 2.44. The van der Waals surface area contributed by atoms with Crippen LogP contribution in [0.25, 0.3) is 0 Å². The fourth-order valence-corrected chi connectivity index (χ4v) is 0.861. The smallest absolute Gasteiger partial charge is 0.288 e. The van der Waals surface area contributed by atoms with Gasteiger partial charge in [-0.25, -0.2) is 8.78 Å². The average molecular weight is 175 g/mol. The number of alkyl halides is 2. The van der Waals surface area contributed by atoms with Gasteiger partial charge in [-0.15, -0.1) is 0 Å². The van der Waals surface area contributed by atoms with Gasteiger partial charge in [0, 0.05) is 6.07 Å². The fraction of sp³-hybridized carbons (Fsp3) is 0.571. The largest absolute Gasteiger partial charge is 0.466 e. The van der Waals surface area contributed by atoms with Gasteiger partial charge in [-0.3, -0.25) is 0 Å². The zero-order chi connectivity index (χ0) is 8.77. The van der Waals surface area contributed by atoms with Crippen LogP contribution in [0, 0.1) is 6.92 Å². The zero-order valence-corrected chi connectivity index (χ0v) is 6.38. The highest BCUT2D eigenvalue weighted by molar-refractivity contribution is 5.13. The van der Waals surface area contributed by atoms with Gasteiger partial charge in [-0.05, 0) is 12.1 Å². The van der Waals surface area contributed by atoms with Gasteiger partial charge in [-0.2, -0.15) is 0 Å². The van der Waals surface area contributed by atoms with Crippen molar-refractivity contribution < 1.29 is 18.0 Å². The van der Waals surface area contributed by atoms with Gasteiger partial charge in [0.2, 0.25) is 0 Å². The summed E-state index contributed by atoms with van der Waals surface area (Å²) >= 11 is 0. The first kappa shape index (κ1) is 7.52. The third kappa shape index (κ3) is 1.26. The first-order valence-electron chi connectivity index (χ1n) is 3.56. The van der Waals surface area contributed by atoms with Crippen LogP contribution in [-0.2, 0) is 0 Å². The average Bonchev–Trinajstić information content (AvgIpc) is 2.41. The van der Waals surface area contributed by atoms with Crippen molar-refractivity contribution in [2.24, 2.45) is 0 Å². The quantitative estimate of drug-likeness (QED) is 0.687. The van der Waals surface area contributed by atoms with Gasteiger partial charge in [0.25, 0.3) is 11.8 Å². The standard InChI is InChI=1S/C7H7F2NO2/c1-4-2-6(10-12-4)11-5-3-7(5,8)9/h2,5H,3H2,1H3. The summed E-state index contributed by atoms with van der Waals surface area (Å²) in [6.45, 7) is 1.67. The first-order valence-corrected chi connectivity index (χ1v) is 3.56. The third-order valence-electron chi connectivity index (χ3n) is 1.64. The Balaban J connectivity index is 1.97. The number of ether oxygens (including phenoxy) is 1. The number of aryl methyl sites for hydroxylation is 1. The first-order chi connectivity index (χ1) is 5.58. The van der Waals surface area contributed by atoms with E-state index in [0.717, 1.165) is 0 Å². The molecule has 1 unspecified atom stereocenters. The Morgan fingerprint density at radius 3 is 2.83 bits per heavy atom. The molecule has 0 aliphatic heterocycles. The molecule has 0 aromatic carbocycles. The van der Waals surface area contributed by atoms with Crippen LogP contribution < -0.4 is 4.74 Å². The Labute approximate surface area is 67.3 Å². The van der Waals surface area contributed by atoms with E-state index in [1.807, 2.05) is 0 Å². The van der Waals surface area contributed by atoms with Crippen molar-refractivity contribution in [1.29, 1.82) is 0 Å². The van der Waals surface area contributed by atoms with Gasteiger partial charge in [-0.1, -0.05) is 0 Å². The van der Waals surface area contributed by atoms with E-state index < -0.39 is 12.0 Å². The van der Waals surface area contributed by atoms with E-state index in [4.69, 9.17) is 4.74 Å². The summed E-state index contributed by atoms with van der Waals surface area (Å²) in [4.78, 5) is 0. The van der Waals surface area contributed by atoms with Gasteiger partial charge < -0.3 is 9.26 Å². The lowest BCUT2D eigenvalue weighted by Crippen LogP contribution is -2.06. The van der Waals surface area contributed by atoms with E-state index in [0.29, 0.717) is 5.76 Å². The van der Waals surface area contributed by atoms with E-state index in [-0.39, 0.29) is 12.3 Å². The summed E-state index contributed by atoms with van der Waals surface area (Å²) in [5, 5.41) is 3.43. The van der Waals surface area contributed by atoms with E-state index in [1.165, 1.54) is 6.07 Å². The Hall–Kier alpha value is -1.13. The lowest BCUT2D eigenvalue weighted by molar-refractivity contribution is 0.0635. The highest BCUT2D eigenvalue weighted by atomic mass is 19.3. The van der Waals surface area contributed by atoms with Gasteiger partial charge in [0.15, 0.2) is 6.10 Å². The van der Waals surface area contributed by atoms with Crippen LogP contribution in [0.4, 0.5) is 8.78 Å². The Morgan fingerprint density at radius 1 is 1.75 bits per heavy atom. The summed E-state index contributed by atoms with van der Waals surface area (Å²) in [6.07, 6.45) is -1.24. The number of aromatic nitrogens is 1. The van der Waals surface area contributed by atoms with E-state index >= 15 is 0 Å². The summed E-state index contributed by atoms with van der Waals surface area (Å²) in [6, 6.07) is 1.48. The molecule has 2 rings (SSSR count). The van der Waals surface area contributed by atoms with E-state index in [2.05, 4.69) is 9.68 Å². The van der Waals surface area contributed by atoms with Crippen LogP contribution in [0.3, 0.4) is 0 Å². The van der Waals surface area contributed by atoms with Gasteiger partial charge >= 0.3 is 0 Å². The third-order valence-corrected chi connectivity index (χ3v) is 1.64. The number of rotatable bonds is 2. The molecule has 1 aromatic rings. The molecule has 5 heteroatoms. The molecule has 1 fully saturated rings. The second kappa shape index (κ2) is 2.18. The van der Waals surface area contributed by atoms with E-state index in [9.17, 15) is 8.78 Å². The Morgan fingerprint density at radius 2 is 2.42 bits per heavy atom. The lowest BCUT2D eigenvalue weighted by atomic mass is 10.5. The molecule has 1 saturated carbocycles. The zero-order valence-electron chi connectivity index (χ0n) is 6.38. The normalized spacial score (nSPS) is 25.4. The second-order valence-electron chi connectivity index (χ2n) is 2.85. The van der Waals surface area contributed by atoms with Crippen molar-refractivity contribution >= 4 is 0 Å². The molecule has 1 heterocycles. The summed E-state index contributed by atoms with van der Waals surface area (Å²) in [5.41, 5.74) is 0. The van der Waals surface area contributed by atoms with Crippen molar-refractivity contribution in [2.75, 3.05) is 0 Å². The molecule has 3 nitrogen and oxygen atoms in total. The maximum Gasteiger partial charge on any atom is 0.288 e. The van der Waals surface area contributed by atoms with Crippen LogP contribution >= 0.6 is 0 Å². The van der Waals surface area contributed by atoms with Gasteiger partial charge in [0.05, 0.1) is 6.42 Å². The molecular formula is C7H7F2NO2. The second-order valence-corrected chi connectivity index (χ2v) is 2.85. The monoisotopic (exact) mass is 175 g/mol.